The van der Waals surface area contributed by atoms with Crippen LogP contribution >= 0.6 is 24.8 Å². The zero-order valence-electron chi connectivity index (χ0n) is 13.5. The summed E-state index contributed by atoms with van der Waals surface area (Å²) in [5.74, 6) is 0.849. The van der Waals surface area contributed by atoms with Crippen LogP contribution in [0.15, 0.2) is 55.1 Å². The van der Waals surface area contributed by atoms with E-state index in [1.165, 1.54) is 0 Å². The molecule has 8 heteroatoms. The van der Waals surface area contributed by atoms with E-state index in [4.69, 9.17) is 10.7 Å². The van der Waals surface area contributed by atoms with Gasteiger partial charge in [-0.3, -0.25) is 9.08 Å². The van der Waals surface area contributed by atoms with Gasteiger partial charge in [0.15, 0.2) is 0 Å². The van der Waals surface area contributed by atoms with Crippen LogP contribution < -0.4 is 5.73 Å². The molecule has 0 amide bonds. The van der Waals surface area contributed by atoms with Gasteiger partial charge in [0.05, 0.1) is 11.9 Å². The largest absolute Gasteiger partial charge is 0.326 e. The van der Waals surface area contributed by atoms with Gasteiger partial charge in [-0.1, -0.05) is 24.3 Å². The first-order chi connectivity index (χ1) is 11.2. The molecule has 0 bridgehead atoms. The summed E-state index contributed by atoms with van der Waals surface area (Å²) in [6.45, 7) is 0.532. The fourth-order valence-corrected chi connectivity index (χ4v) is 2.62. The normalized spacial score (nSPS) is 10.3. The van der Waals surface area contributed by atoms with Crippen LogP contribution in [0.2, 0.25) is 0 Å². The average Bonchev–Trinajstić information content (AvgIpc) is 3.22. The lowest BCUT2D eigenvalue weighted by Gasteiger charge is -2.08. The Labute approximate surface area is 157 Å². The predicted octanol–water partition coefficient (Wildman–Crippen LogP) is 3.10. The standard InChI is InChI=1S/C17H16N6.2ClH/c1-22-11-14(10-20-22)15-8-16-19-6-7-23(16)17(21-15)13-4-2-12(9-18)3-5-13;;/h2-8,10-11H,9,18H2,1H3;2*1H. The first-order valence-electron chi connectivity index (χ1n) is 7.37. The molecular formula is C17H18Cl2N6. The molecule has 0 spiro atoms. The molecule has 0 atom stereocenters. The third-order valence-electron chi connectivity index (χ3n) is 3.84. The van der Waals surface area contributed by atoms with Gasteiger partial charge in [0.25, 0.3) is 0 Å². The van der Waals surface area contributed by atoms with E-state index in [9.17, 15) is 0 Å². The van der Waals surface area contributed by atoms with E-state index in [1.807, 2.05) is 60.4 Å². The highest BCUT2D eigenvalue weighted by Gasteiger charge is 2.11. The third kappa shape index (κ3) is 3.51. The second-order valence-corrected chi connectivity index (χ2v) is 5.42. The number of hydrogen-bond donors (Lipinski definition) is 1. The second-order valence-electron chi connectivity index (χ2n) is 5.42. The number of hydrogen-bond acceptors (Lipinski definition) is 4. The first kappa shape index (κ1) is 18.9. The number of benzene rings is 1. The topological polar surface area (TPSA) is 74.0 Å². The van der Waals surface area contributed by atoms with Gasteiger partial charge in [-0.05, 0) is 5.56 Å². The van der Waals surface area contributed by atoms with Crippen molar-refractivity contribution in [1.29, 1.82) is 0 Å². The van der Waals surface area contributed by atoms with E-state index in [-0.39, 0.29) is 24.8 Å². The number of aryl methyl sites for hydroxylation is 1. The van der Waals surface area contributed by atoms with Crippen LogP contribution in [-0.4, -0.2) is 24.1 Å². The minimum absolute atomic E-state index is 0. The highest BCUT2D eigenvalue weighted by Crippen LogP contribution is 2.24. The summed E-state index contributed by atoms with van der Waals surface area (Å²) in [6, 6.07) is 10.1. The Morgan fingerprint density at radius 3 is 2.48 bits per heavy atom. The highest BCUT2D eigenvalue weighted by atomic mass is 35.5. The van der Waals surface area contributed by atoms with Crippen molar-refractivity contribution in [3.63, 3.8) is 0 Å². The van der Waals surface area contributed by atoms with Gasteiger partial charge < -0.3 is 5.73 Å². The number of nitrogens with two attached hydrogens (primary N) is 1. The zero-order chi connectivity index (χ0) is 15.8. The van der Waals surface area contributed by atoms with E-state index in [0.717, 1.165) is 33.9 Å². The number of fused-ring (bicyclic) bond motifs is 1. The Morgan fingerprint density at radius 2 is 1.84 bits per heavy atom. The molecule has 3 heterocycles. The molecule has 0 aliphatic rings. The molecule has 0 radical (unpaired) electrons. The van der Waals surface area contributed by atoms with Crippen molar-refractivity contribution in [3.05, 3.63) is 60.7 Å². The molecule has 1 aromatic carbocycles. The van der Waals surface area contributed by atoms with Gasteiger partial charge in [-0.2, -0.15) is 5.10 Å². The van der Waals surface area contributed by atoms with Crippen molar-refractivity contribution in [2.45, 2.75) is 6.54 Å². The molecule has 4 aromatic rings. The maximum Gasteiger partial charge on any atom is 0.146 e. The van der Waals surface area contributed by atoms with Crippen molar-refractivity contribution in [3.8, 4) is 22.6 Å². The van der Waals surface area contributed by atoms with E-state index < -0.39 is 0 Å². The van der Waals surface area contributed by atoms with Crippen LogP contribution in [0.1, 0.15) is 5.56 Å². The minimum atomic E-state index is 0. The fraction of sp³-hybridized carbons (Fsp3) is 0.118. The molecule has 4 rings (SSSR count). The van der Waals surface area contributed by atoms with Crippen LogP contribution in [0.4, 0.5) is 0 Å². The lowest BCUT2D eigenvalue weighted by molar-refractivity contribution is 0.768. The monoisotopic (exact) mass is 376 g/mol. The van der Waals surface area contributed by atoms with E-state index in [1.54, 1.807) is 10.9 Å². The van der Waals surface area contributed by atoms with E-state index in [0.29, 0.717) is 6.54 Å². The van der Waals surface area contributed by atoms with Gasteiger partial charge in [-0.25, -0.2) is 9.97 Å². The molecule has 0 aliphatic heterocycles. The van der Waals surface area contributed by atoms with Crippen LogP contribution in [0.25, 0.3) is 28.3 Å². The SMILES string of the molecule is Cl.Cl.Cn1cc(-c2cc3nccn3c(-c3ccc(CN)cc3)n2)cn1. The summed E-state index contributed by atoms with van der Waals surface area (Å²) in [4.78, 5) is 9.23. The predicted molar refractivity (Wildman–Crippen MR) is 103 cm³/mol. The van der Waals surface area contributed by atoms with E-state index in [2.05, 4.69) is 10.1 Å². The van der Waals surface area contributed by atoms with Gasteiger partial charge >= 0.3 is 0 Å². The second kappa shape index (κ2) is 7.65. The molecular weight excluding hydrogens is 359 g/mol. The molecule has 0 saturated carbocycles. The Kier molecular flexibility index (Phi) is 5.79. The van der Waals surface area contributed by atoms with Crippen molar-refractivity contribution in [2.24, 2.45) is 12.8 Å². The molecule has 6 nitrogen and oxygen atoms in total. The Balaban J connectivity index is 0.00000113. The summed E-state index contributed by atoms with van der Waals surface area (Å²) in [5.41, 5.74) is 10.5. The highest BCUT2D eigenvalue weighted by molar-refractivity contribution is 5.85. The average molecular weight is 377 g/mol. The summed E-state index contributed by atoms with van der Waals surface area (Å²) in [5, 5.41) is 4.22. The van der Waals surface area contributed by atoms with Crippen molar-refractivity contribution in [2.75, 3.05) is 0 Å². The summed E-state index contributed by atoms with van der Waals surface area (Å²) < 4.78 is 3.75. The maximum atomic E-state index is 5.67. The number of halogens is 2. The molecule has 3 aromatic heterocycles. The molecule has 2 N–H and O–H groups in total. The number of imidazole rings is 1. The molecule has 25 heavy (non-hydrogen) atoms. The van der Waals surface area contributed by atoms with Gasteiger partial charge in [-0.15, -0.1) is 24.8 Å². The van der Waals surface area contributed by atoms with Crippen LogP contribution in [0.3, 0.4) is 0 Å². The lowest BCUT2D eigenvalue weighted by Crippen LogP contribution is -1.99. The van der Waals surface area contributed by atoms with Crippen LogP contribution in [0, 0.1) is 0 Å². The maximum absolute atomic E-state index is 5.67. The summed E-state index contributed by atoms with van der Waals surface area (Å²) in [6.07, 6.45) is 7.45. The summed E-state index contributed by atoms with van der Waals surface area (Å²) in [7, 11) is 1.89. The lowest BCUT2D eigenvalue weighted by atomic mass is 10.1. The Morgan fingerprint density at radius 1 is 1.08 bits per heavy atom. The van der Waals surface area contributed by atoms with Gasteiger partial charge in [0.1, 0.15) is 11.5 Å². The fourth-order valence-electron chi connectivity index (χ4n) is 2.62. The smallest absolute Gasteiger partial charge is 0.146 e. The van der Waals surface area contributed by atoms with E-state index >= 15 is 0 Å². The zero-order valence-corrected chi connectivity index (χ0v) is 15.2. The van der Waals surface area contributed by atoms with Crippen molar-refractivity contribution >= 4 is 30.5 Å². The number of nitrogens with zero attached hydrogens (tertiary/aromatic N) is 5. The number of rotatable bonds is 3. The summed E-state index contributed by atoms with van der Waals surface area (Å²) >= 11 is 0. The molecule has 0 unspecified atom stereocenters. The van der Waals surface area contributed by atoms with Gasteiger partial charge in [0.2, 0.25) is 0 Å². The molecule has 130 valence electrons. The first-order valence-corrected chi connectivity index (χ1v) is 7.37. The third-order valence-corrected chi connectivity index (χ3v) is 3.84. The molecule has 0 aliphatic carbocycles. The Bertz CT molecular complexity index is 974. The van der Waals surface area contributed by atoms with Crippen LogP contribution in [-0.2, 0) is 13.6 Å². The molecule has 0 fully saturated rings. The van der Waals surface area contributed by atoms with Crippen LogP contribution in [0.5, 0.6) is 0 Å². The van der Waals surface area contributed by atoms with Gasteiger partial charge in [0, 0.05) is 49.4 Å². The number of aromatic nitrogens is 5. The minimum Gasteiger partial charge on any atom is -0.326 e. The Hall–Kier alpha value is -2.41. The molecule has 0 saturated heterocycles. The van der Waals surface area contributed by atoms with Crippen molar-refractivity contribution < 1.29 is 0 Å². The van der Waals surface area contributed by atoms with Crippen molar-refractivity contribution in [1.82, 2.24) is 24.1 Å². The quantitative estimate of drug-likeness (QED) is 0.596.